The molecule has 0 fully saturated rings. The van der Waals surface area contributed by atoms with E-state index in [1.165, 1.54) is 6.26 Å². The molecule has 0 saturated carbocycles. The number of nitrogens with one attached hydrogen (secondary N) is 1. The average Bonchev–Trinajstić information content (AvgIpc) is 2.45. The number of rotatable bonds is 5. The van der Waals surface area contributed by atoms with Crippen molar-refractivity contribution in [3.63, 3.8) is 0 Å². The van der Waals surface area contributed by atoms with E-state index in [0.717, 1.165) is 10.7 Å². The second-order valence-corrected chi connectivity index (χ2v) is 6.88. The fourth-order valence-corrected chi connectivity index (χ4v) is 3.01. The molecule has 4 nitrogen and oxygen atoms in total. The molecule has 0 aliphatic rings. The van der Waals surface area contributed by atoms with E-state index in [0.29, 0.717) is 6.54 Å². The van der Waals surface area contributed by atoms with Crippen LogP contribution in [0.25, 0.3) is 0 Å². The number of nitrogens with zero attached hydrogens (tertiary/aromatic N) is 1. The molecule has 0 spiro atoms. The fourth-order valence-electron chi connectivity index (χ4n) is 1.26. The fraction of sp³-hybridized carbons (Fsp3) is 0.667. The Labute approximate surface area is 94.7 Å². The van der Waals surface area contributed by atoms with Gasteiger partial charge >= 0.3 is 0 Å². The second-order valence-electron chi connectivity index (χ2n) is 3.76. The smallest absolute Gasteiger partial charge is 0.148 e. The molecule has 15 heavy (non-hydrogen) atoms. The molecule has 1 unspecified atom stereocenters. The van der Waals surface area contributed by atoms with Gasteiger partial charge in [-0.2, -0.15) is 0 Å². The Bertz CT molecular complexity index is 412. The van der Waals surface area contributed by atoms with Gasteiger partial charge in [-0.05, 0) is 13.8 Å². The predicted octanol–water partition coefficient (Wildman–Crippen LogP) is 0.974. The summed E-state index contributed by atoms with van der Waals surface area (Å²) in [4.78, 5) is 4.29. The first-order valence-corrected chi connectivity index (χ1v) is 7.63. The lowest BCUT2D eigenvalue weighted by atomic mass is 10.4. The Hall–Kier alpha value is -0.460. The van der Waals surface area contributed by atoms with Crippen LogP contribution in [0.15, 0.2) is 5.38 Å². The summed E-state index contributed by atoms with van der Waals surface area (Å²) in [6, 6.07) is -0.0378. The van der Waals surface area contributed by atoms with Crippen molar-refractivity contribution < 1.29 is 8.42 Å². The van der Waals surface area contributed by atoms with Gasteiger partial charge < -0.3 is 5.32 Å². The Morgan fingerprint density at radius 2 is 2.27 bits per heavy atom. The van der Waals surface area contributed by atoms with Crippen molar-refractivity contribution in [2.45, 2.75) is 26.4 Å². The van der Waals surface area contributed by atoms with Gasteiger partial charge in [-0.25, -0.2) is 13.4 Å². The first kappa shape index (κ1) is 12.6. The highest BCUT2D eigenvalue weighted by Gasteiger charge is 2.10. The van der Waals surface area contributed by atoms with Gasteiger partial charge in [0.05, 0.1) is 5.75 Å². The Kier molecular flexibility index (Phi) is 4.24. The van der Waals surface area contributed by atoms with Crippen LogP contribution in [0.2, 0.25) is 0 Å². The van der Waals surface area contributed by atoms with Crippen LogP contribution in [0.3, 0.4) is 0 Å². The third kappa shape index (κ3) is 5.25. The summed E-state index contributed by atoms with van der Waals surface area (Å²) < 4.78 is 22.0. The number of aryl methyl sites for hydroxylation is 1. The molecular weight excluding hydrogens is 232 g/mol. The summed E-state index contributed by atoms with van der Waals surface area (Å²) in [5.74, 6) is 0.164. The van der Waals surface area contributed by atoms with Crippen molar-refractivity contribution in [2.24, 2.45) is 0 Å². The molecule has 0 saturated heterocycles. The van der Waals surface area contributed by atoms with Crippen molar-refractivity contribution in [1.29, 1.82) is 0 Å². The standard InChI is InChI=1S/C9H16N2O2S2/c1-7-5-14-9(11-7)4-10-8(2)6-15(3,12)13/h5,8,10H,4,6H2,1-3H3. The van der Waals surface area contributed by atoms with E-state index in [4.69, 9.17) is 0 Å². The monoisotopic (exact) mass is 248 g/mol. The Morgan fingerprint density at radius 3 is 2.73 bits per heavy atom. The van der Waals surface area contributed by atoms with Gasteiger partial charge in [0.15, 0.2) is 0 Å². The van der Waals surface area contributed by atoms with Crippen molar-refractivity contribution in [3.8, 4) is 0 Å². The lowest BCUT2D eigenvalue weighted by Gasteiger charge is -2.10. The van der Waals surface area contributed by atoms with Crippen molar-refractivity contribution >= 4 is 21.2 Å². The van der Waals surface area contributed by atoms with E-state index < -0.39 is 9.84 Å². The summed E-state index contributed by atoms with van der Waals surface area (Å²) in [5.41, 5.74) is 1.01. The molecule has 6 heteroatoms. The van der Waals surface area contributed by atoms with Gasteiger partial charge in [-0.1, -0.05) is 0 Å². The zero-order valence-electron chi connectivity index (χ0n) is 9.15. The van der Waals surface area contributed by atoms with Crippen molar-refractivity contribution in [3.05, 3.63) is 16.1 Å². The molecule has 1 aromatic rings. The van der Waals surface area contributed by atoms with Crippen molar-refractivity contribution in [1.82, 2.24) is 10.3 Å². The molecule has 0 bridgehead atoms. The van der Waals surface area contributed by atoms with Crippen LogP contribution >= 0.6 is 11.3 Å². The molecule has 0 aliphatic carbocycles. The van der Waals surface area contributed by atoms with Gasteiger partial charge in [0, 0.05) is 29.9 Å². The first-order chi connectivity index (χ1) is 6.87. The summed E-state index contributed by atoms with van der Waals surface area (Å²) in [6.45, 7) is 4.44. The Morgan fingerprint density at radius 1 is 1.60 bits per heavy atom. The van der Waals surface area contributed by atoms with Gasteiger partial charge in [0.1, 0.15) is 14.8 Å². The van der Waals surface area contributed by atoms with Crippen LogP contribution in [0.1, 0.15) is 17.6 Å². The molecule has 0 radical (unpaired) electrons. The maximum absolute atomic E-state index is 11.0. The minimum Gasteiger partial charge on any atom is -0.307 e. The van der Waals surface area contributed by atoms with E-state index >= 15 is 0 Å². The normalized spacial score (nSPS) is 14.1. The van der Waals surface area contributed by atoms with E-state index in [-0.39, 0.29) is 11.8 Å². The van der Waals surface area contributed by atoms with Gasteiger partial charge in [0.25, 0.3) is 0 Å². The van der Waals surface area contributed by atoms with Crippen LogP contribution < -0.4 is 5.32 Å². The van der Waals surface area contributed by atoms with E-state index in [1.54, 1.807) is 11.3 Å². The molecule has 1 atom stereocenters. The SMILES string of the molecule is Cc1csc(CNC(C)CS(C)(=O)=O)n1. The third-order valence-electron chi connectivity index (χ3n) is 1.82. The predicted molar refractivity (Wildman–Crippen MR) is 62.9 cm³/mol. The molecule has 0 amide bonds. The number of hydrogen-bond acceptors (Lipinski definition) is 5. The van der Waals surface area contributed by atoms with E-state index in [9.17, 15) is 8.42 Å². The van der Waals surface area contributed by atoms with Gasteiger partial charge in [0.2, 0.25) is 0 Å². The number of sulfone groups is 1. The van der Waals surface area contributed by atoms with Crippen LogP contribution in [-0.2, 0) is 16.4 Å². The molecule has 0 aliphatic heterocycles. The largest absolute Gasteiger partial charge is 0.307 e. The van der Waals surface area contributed by atoms with Gasteiger partial charge in [-0.15, -0.1) is 11.3 Å². The highest BCUT2D eigenvalue weighted by Crippen LogP contribution is 2.08. The molecule has 1 heterocycles. The first-order valence-electron chi connectivity index (χ1n) is 4.69. The number of hydrogen-bond donors (Lipinski definition) is 1. The summed E-state index contributed by atoms with van der Waals surface area (Å²) in [6.07, 6.45) is 1.25. The number of thiazole rings is 1. The van der Waals surface area contributed by atoms with Crippen LogP contribution in [0.4, 0.5) is 0 Å². The van der Waals surface area contributed by atoms with Gasteiger partial charge in [-0.3, -0.25) is 0 Å². The summed E-state index contributed by atoms with van der Waals surface area (Å²) >= 11 is 1.59. The average molecular weight is 248 g/mol. The van der Waals surface area contributed by atoms with E-state index in [2.05, 4.69) is 10.3 Å². The minimum atomic E-state index is -2.90. The maximum atomic E-state index is 11.0. The highest BCUT2D eigenvalue weighted by molar-refractivity contribution is 7.90. The lowest BCUT2D eigenvalue weighted by Crippen LogP contribution is -2.32. The summed E-state index contributed by atoms with van der Waals surface area (Å²) in [5, 5.41) is 6.12. The molecule has 0 aromatic carbocycles. The second kappa shape index (κ2) is 5.05. The number of aromatic nitrogens is 1. The highest BCUT2D eigenvalue weighted by atomic mass is 32.2. The topological polar surface area (TPSA) is 59.1 Å². The van der Waals surface area contributed by atoms with Crippen LogP contribution in [0, 0.1) is 6.92 Å². The van der Waals surface area contributed by atoms with Crippen LogP contribution in [0.5, 0.6) is 0 Å². The third-order valence-corrected chi connectivity index (χ3v) is 3.89. The molecule has 1 N–H and O–H groups in total. The van der Waals surface area contributed by atoms with Crippen LogP contribution in [-0.4, -0.2) is 31.5 Å². The Balaban J connectivity index is 2.37. The minimum absolute atomic E-state index is 0.0378. The lowest BCUT2D eigenvalue weighted by molar-refractivity contribution is 0.559. The molecule has 86 valence electrons. The molecule has 1 rings (SSSR count). The van der Waals surface area contributed by atoms with Crippen molar-refractivity contribution in [2.75, 3.05) is 12.0 Å². The quantitative estimate of drug-likeness (QED) is 0.843. The maximum Gasteiger partial charge on any atom is 0.148 e. The summed E-state index contributed by atoms with van der Waals surface area (Å²) in [7, 11) is -2.90. The molecule has 1 aromatic heterocycles. The van der Waals surface area contributed by atoms with E-state index in [1.807, 2.05) is 19.2 Å². The zero-order chi connectivity index (χ0) is 11.5. The molecular formula is C9H16N2O2S2. The zero-order valence-corrected chi connectivity index (χ0v) is 10.8.